The van der Waals surface area contributed by atoms with Crippen LogP contribution in [0.2, 0.25) is 0 Å². The van der Waals surface area contributed by atoms with Gasteiger partial charge >= 0.3 is 5.69 Å². The summed E-state index contributed by atoms with van der Waals surface area (Å²) in [6, 6.07) is 0. The third-order valence-electron chi connectivity index (χ3n) is 2.30. The monoisotopic (exact) mass is 226 g/mol. The minimum absolute atomic E-state index is 0.0428. The first-order chi connectivity index (χ1) is 7.34. The first-order valence-corrected chi connectivity index (χ1v) is 4.70. The van der Waals surface area contributed by atoms with Gasteiger partial charge in [-0.05, 0) is 0 Å². The number of anilines is 1. The molecule has 0 saturated carbocycles. The quantitative estimate of drug-likeness (QED) is 0.636. The van der Waals surface area contributed by atoms with E-state index in [2.05, 4.69) is 0 Å². The van der Waals surface area contributed by atoms with Crippen molar-refractivity contribution in [3.05, 3.63) is 27.0 Å². The average Bonchev–Trinajstić information content (AvgIpc) is 2.21. The number of amides is 1. The fourth-order valence-electron chi connectivity index (χ4n) is 1.28. The van der Waals surface area contributed by atoms with Crippen LogP contribution in [0.1, 0.15) is 6.92 Å². The molecule has 0 aliphatic heterocycles. The molecule has 0 aromatic carbocycles. The van der Waals surface area contributed by atoms with Gasteiger partial charge in [-0.2, -0.15) is 0 Å². The molecule has 7 nitrogen and oxygen atoms in total. The van der Waals surface area contributed by atoms with E-state index in [1.807, 2.05) is 0 Å². The highest BCUT2D eigenvalue weighted by atomic mass is 16.2. The van der Waals surface area contributed by atoms with Crippen LogP contribution >= 0.6 is 0 Å². The molecular weight excluding hydrogens is 212 g/mol. The van der Waals surface area contributed by atoms with E-state index in [-0.39, 0.29) is 12.2 Å². The summed E-state index contributed by atoms with van der Waals surface area (Å²) in [7, 11) is 1.48. The van der Waals surface area contributed by atoms with E-state index in [4.69, 9.17) is 11.5 Å². The van der Waals surface area contributed by atoms with Crippen LogP contribution in [0.15, 0.2) is 15.8 Å². The van der Waals surface area contributed by atoms with Gasteiger partial charge in [-0.15, -0.1) is 0 Å². The van der Waals surface area contributed by atoms with Gasteiger partial charge in [0.25, 0.3) is 5.56 Å². The summed E-state index contributed by atoms with van der Waals surface area (Å²) < 4.78 is 2.09. The Labute approximate surface area is 91.3 Å². The number of carbonyl (C=O) groups is 1. The second-order valence-electron chi connectivity index (χ2n) is 3.70. The van der Waals surface area contributed by atoms with Gasteiger partial charge in [0.15, 0.2) is 0 Å². The van der Waals surface area contributed by atoms with Gasteiger partial charge in [0, 0.05) is 19.8 Å². The fraction of sp³-hybridized carbons (Fsp3) is 0.444. The van der Waals surface area contributed by atoms with Crippen molar-refractivity contribution in [2.45, 2.75) is 13.5 Å². The Balaban J connectivity index is 3.29. The van der Waals surface area contributed by atoms with E-state index >= 15 is 0 Å². The van der Waals surface area contributed by atoms with E-state index in [9.17, 15) is 14.4 Å². The third kappa shape index (κ3) is 2.13. The van der Waals surface area contributed by atoms with Crippen LogP contribution in [0.5, 0.6) is 0 Å². The Morgan fingerprint density at radius 3 is 2.56 bits per heavy atom. The molecule has 1 rings (SSSR count). The molecule has 1 amide bonds. The van der Waals surface area contributed by atoms with E-state index in [1.165, 1.54) is 24.7 Å². The molecule has 0 saturated heterocycles. The Kier molecular flexibility index (Phi) is 3.17. The van der Waals surface area contributed by atoms with Crippen LogP contribution in [0, 0.1) is 5.92 Å². The van der Waals surface area contributed by atoms with Crippen LogP contribution in [-0.4, -0.2) is 15.0 Å². The lowest BCUT2D eigenvalue weighted by molar-refractivity contribution is -0.121. The van der Waals surface area contributed by atoms with Crippen LogP contribution < -0.4 is 22.7 Å². The number of aryl methyl sites for hydroxylation is 1. The molecule has 88 valence electrons. The van der Waals surface area contributed by atoms with Gasteiger partial charge < -0.3 is 16.0 Å². The second-order valence-corrected chi connectivity index (χ2v) is 3.70. The zero-order chi connectivity index (χ0) is 12.5. The first-order valence-electron chi connectivity index (χ1n) is 4.70. The summed E-state index contributed by atoms with van der Waals surface area (Å²) in [6.45, 7) is 1.48. The maximum atomic E-state index is 11.6. The number of hydrogen-bond acceptors (Lipinski definition) is 4. The van der Waals surface area contributed by atoms with Crippen molar-refractivity contribution in [2.24, 2.45) is 18.7 Å². The zero-order valence-electron chi connectivity index (χ0n) is 9.14. The molecule has 1 atom stereocenters. The van der Waals surface area contributed by atoms with Crippen LogP contribution in [-0.2, 0) is 18.4 Å². The molecule has 0 bridgehead atoms. The lowest BCUT2D eigenvalue weighted by Gasteiger charge is -2.11. The number of nitrogen functional groups attached to an aromatic ring is 1. The fourth-order valence-corrected chi connectivity index (χ4v) is 1.28. The molecule has 0 radical (unpaired) electrons. The Morgan fingerprint density at radius 1 is 1.50 bits per heavy atom. The van der Waals surface area contributed by atoms with E-state index in [0.717, 1.165) is 4.57 Å². The lowest BCUT2D eigenvalue weighted by Crippen LogP contribution is -2.42. The molecule has 7 heteroatoms. The molecule has 1 aromatic rings. The van der Waals surface area contributed by atoms with Crippen molar-refractivity contribution in [2.75, 3.05) is 5.73 Å². The molecule has 0 fully saturated rings. The van der Waals surface area contributed by atoms with Gasteiger partial charge in [-0.25, -0.2) is 4.79 Å². The number of aromatic nitrogens is 2. The average molecular weight is 226 g/mol. The molecule has 0 aliphatic rings. The molecule has 1 unspecified atom stereocenters. The number of nitrogens with zero attached hydrogens (tertiary/aromatic N) is 2. The van der Waals surface area contributed by atoms with Crippen molar-refractivity contribution in [1.29, 1.82) is 0 Å². The third-order valence-corrected chi connectivity index (χ3v) is 2.30. The zero-order valence-corrected chi connectivity index (χ0v) is 9.14. The van der Waals surface area contributed by atoms with E-state index in [1.54, 1.807) is 0 Å². The SMILES string of the molecule is CC(Cn1c(=O)c(N)cn(C)c1=O)C(N)=O. The van der Waals surface area contributed by atoms with Gasteiger partial charge in [0.1, 0.15) is 5.69 Å². The minimum Gasteiger partial charge on any atom is -0.393 e. The van der Waals surface area contributed by atoms with Crippen molar-refractivity contribution < 1.29 is 4.79 Å². The predicted octanol–water partition coefficient (Wildman–Crippen LogP) is -1.75. The van der Waals surface area contributed by atoms with Gasteiger partial charge in [0.05, 0.1) is 5.92 Å². The summed E-state index contributed by atoms with van der Waals surface area (Å²) in [5, 5.41) is 0. The Morgan fingerprint density at radius 2 is 2.06 bits per heavy atom. The minimum atomic E-state index is -0.604. The topological polar surface area (TPSA) is 113 Å². The first kappa shape index (κ1) is 12.0. The van der Waals surface area contributed by atoms with Crippen molar-refractivity contribution >= 4 is 11.6 Å². The maximum absolute atomic E-state index is 11.6. The highest BCUT2D eigenvalue weighted by Crippen LogP contribution is 1.96. The lowest BCUT2D eigenvalue weighted by atomic mass is 10.2. The van der Waals surface area contributed by atoms with E-state index in [0.29, 0.717) is 0 Å². The van der Waals surface area contributed by atoms with Gasteiger partial charge in [-0.3, -0.25) is 14.2 Å². The van der Waals surface area contributed by atoms with Gasteiger partial charge in [-0.1, -0.05) is 6.92 Å². The summed E-state index contributed by atoms with van der Waals surface area (Å²) in [5.74, 6) is -1.18. The molecule has 1 aromatic heterocycles. The molecule has 1 heterocycles. The van der Waals surface area contributed by atoms with Crippen LogP contribution in [0.25, 0.3) is 0 Å². The smallest absolute Gasteiger partial charge is 0.330 e. The molecule has 4 N–H and O–H groups in total. The molecular formula is C9H14N4O3. The number of rotatable bonds is 3. The summed E-state index contributed by atoms with van der Waals surface area (Å²) >= 11 is 0. The van der Waals surface area contributed by atoms with Crippen LogP contribution in [0.4, 0.5) is 5.69 Å². The summed E-state index contributed by atoms with van der Waals surface area (Å²) in [5.41, 5.74) is 9.33. The van der Waals surface area contributed by atoms with Crippen molar-refractivity contribution in [1.82, 2.24) is 9.13 Å². The van der Waals surface area contributed by atoms with Gasteiger partial charge in [0.2, 0.25) is 5.91 Å². The highest BCUT2D eigenvalue weighted by Gasteiger charge is 2.14. The van der Waals surface area contributed by atoms with Crippen molar-refractivity contribution in [3.63, 3.8) is 0 Å². The molecule has 0 aliphatic carbocycles. The highest BCUT2D eigenvalue weighted by molar-refractivity contribution is 5.76. The Hall–Kier alpha value is -2.05. The van der Waals surface area contributed by atoms with Crippen LogP contribution in [0.3, 0.4) is 0 Å². The summed E-state index contributed by atoms with van der Waals surface area (Å²) in [4.78, 5) is 34.1. The van der Waals surface area contributed by atoms with E-state index < -0.39 is 23.1 Å². The predicted molar refractivity (Wildman–Crippen MR) is 58.7 cm³/mol. The summed E-state index contributed by atoms with van der Waals surface area (Å²) in [6.07, 6.45) is 1.25. The number of carbonyl (C=O) groups excluding carboxylic acids is 1. The molecule has 16 heavy (non-hydrogen) atoms. The maximum Gasteiger partial charge on any atom is 0.330 e. The molecule has 0 spiro atoms. The van der Waals surface area contributed by atoms with Crippen molar-refractivity contribution in [3.8, 4) is 0 Å². The second kappa shape index (κ2) is 4.21. The number of nitrogens with two attached hydrogens (primary N) is 2. The number of primary amides is 1. The standard InChI is InChI=1S/C9H14N4O3/c1-5(7(11)14)3-13-8(15)6(10)4-12(2)9(13)16/h4-5H,3,10H2,1-2H3,(H2,11,14). The number of hydrogen-bond donors (Lipinski definition) is 2. The Bertz CT molecular complexity index is 494. The normalized spacial score (nSPS) is 12.4. The largest absolute Gasteiger partial charge is 0.393 e.